The Labute approximate surface area is 173 Å². The number of aliphatic imine (C=N–C) groups is 2. The van der Waals surface area contributed by atoms with Crippen LogP contribution < -0.4 is 15.8 Å². The standard InChI is InChI=1S/C24H30N4O/c1-18(17-19-7-4-3-5-8-19)11-12-20-9-6-10-23(28-24(25)27-20)26-21-13-15-22(29-2)16-14-21/h3-5,7-8,10,13-16,18,26H,6,9,11-12,17H2,1-2H3,(H2,25,28)/b23-10-,27-20-. The van der Waals surface area contributed by atoms with Gasteiger partial charge in [0.25, 0.3) is 0 Å². The van der Waals surface area contributed by atoms with Crippen LogP contribution in [0, 0.1) is 5.92 Å². The number of nitrogens with zero attached hydrogens (tertiary/aromatic N) is 2. The molecule has 0 amide bonds. The van der Waals surface area contributed by atoms with E-state index in [0.29, 0.717) is 11.9 Å². The van der Waals surface area contributed by atoms with Crippen molar-refractivity contribution in [1.29, 1.82) is 0 Å². The summed E-state index contributed by atoms with van der Waals surface area (Å²) in [6, 6.07) is 18.4. The Morgan fingerprint density at radius 3 is 2.55 bits per heavy atom. The van der Waals surface area contributed by atoms with Crippen molar-refractivity contribution in [2.24, 2.45) is 21.6 Å². The van der Waals surface area contributed by atoms with Gasteiger partial charge < -0.3 is 15.8 Å². The van der Waals surface area contributed by atoms with E-state index in [4.69, 9.17) is 10.5 Å². The van der Waals surface area contributed by atoms with Crippen LogP contribution in [0.1, 0.15) is 38.2 Å². The van der Waals surface area contributed by atoms with Crippen LogP contribution in [-0.4, -0.2) is 18.8 Å². The second-order valence-electron chi connectivity index (χ2n) is 7.46. The first-order chi connectivity index (χ1) is 14.1. The molecule has 5 heteroatoms. The number of ether oxygens (including phenoxy) is 1. The van der Waals surface area contributed by atoms with Gasteiger partial charge in [-0.1, -0.05) is 37.3 Å². The average Bonchev–Trinajstić information content (AvgIpc) is 2.71. The zero-order valence-electron chi connectivity index (χ0n) is 17.3. The molecule has 3 rings (SSSR count). The largest absolute Gasteiger partial charge is 0.497 e. The minimum Gasteiger partial charge on any atom is -0.497 e. The van der Waals surface area contributed by atoms with E-state index in [1.165, 1.54) is 5.56 Å². The normalized spacial score (nSPS) is 20.7. The molecule has 0 saturated carbocycles. The van der Waals surface area contributed by atoms with E-state index in [0.717, 1.165) is 55.1 Å². The summed E-state index contributed by atoms with van der Waals surface area (Å²) in [5.41, 5.74) is 9.53. The lowest BCUT2D eigenvalue weighted by atomic mass is 9.94. The Morgan fingerprint density at radius 2 is 1.83 bits per heavy atom. The smallest absolute Gasteiger partial charge is 0.221 e. The highest BCUT2D eigenvalue weighted by Crippen LogP contribution is 2.19. The van der Waals surface area contributed by atoms with Crippen molar-refractivity contribution in [1.82, 2.24) is 0 Å². The number of nitrogens with two attached hydrogens (primary N) is 1. The highest BCUT2D eigenvalue weighted by Gasteiger charge is 2.10. The molecule has 0 radical (unpaired) electrons. The van der Waals surface area contributed by atoms with E-state index in [-0.39, 0.29) is 0 Å². The van der Waals surface area contributed by atoms with Crippen molar-refractivity contribution >= 4 is 17.4 Å². The lowest BCUT2D eigenvalue weighted by Gasteiger charge is -2.14. The topological polar surface area (TPSA) is 72.0 Å². The van der Waals surface area contributed by atoms with Crippen molar-refractivity contribution in [3.8, 4) is 5.75 Å². The van der Waals surface area contributed by atoms with Gasteiger partial charge in [0.05, 0.1) is 7.11 Å². The minimum atomic E-state index is 0.308. The van der Waals surface area contributed by atoms with Crippen LogP contribution in [0.2, 0.25) is 0 Å². The molecule has 0 spiro atoms. The van der Waals surface area contributed by atoms with Crippen molar-refractivity contribution in [2.45, 2.75) is 39.0 Å². The third-order valence-electron chi connectivity index (χ3n) is 4.99. The number of allylic oxidation sites excluding steroid dienone is 1. The van der Waals surface area contributed by atoms with E-state index in [2.05, 4.69) is 58.6 Å². The third kappa shape index (κ3) is 6.79. The molecule has 2 aromatic carbocycles. The molecule has 1 atom stereocenters. The predicted molar refractivity (Wildman–Crippen MR) is 122 cm³/mol. The molecule has 1 aliphatic heterocycles. The second-order valence-corrected chi connectivity index (χ2v) is 7.46. The molecule has 0 aliphatic carbocycles. The first-order valence-electron chi connectivity index (χ1n) is 10.2. The molecule has 1 heterocycles. The fourth-order valence-corrected chi connectivity index (χ4v) is 3.40. The number of anilines is 1. The number of guanidine groups is 1. The Balaban J connectivity index is 1.55. The summed E-state index contributed by atoms with van der Waals surface area (Å²) in [4.78, 5) is 9.02. The van der Waals surface area contributed by atoms with E-state index < -0.39 is 0 Å². The summed E-state index contributed by atoms with van der Waals surface area (Å²) >= 11 is 0. The van der Waals surface area contributed by atoms with Crippen molar-refractivity contribution in [3.63, 3.8) is 0 Å². The van der Waals surface area contributed by atoms with Crippen molar-refractivity contribution in [2.75, 3.05) is 12.4 Å². The SMILES string of the molecule is COc1ccc(NC2=C/CC/C(CCC(C)Cc3ccccc3)=N/C(N)=N\2)cc1. The van der Waals surface area contributed by atoms with E-state index in [1.54, 1.807) is 7.11 Å². The Morgan fingerprint density at radius 1 is 1.07 bits per heavy atom. The molecule has 5 nitrogen and oxygen atoms in total. The van der Waals surface area contributed by atoms with Crippen molar-refractivity contribution < 1.29 is 4.74 Å². The van der Waals surface area contributed by atoms with Gasteiger partial charge in [0, 0.05) is 11.4 Å². The van der Waals surface area contributed by atoms with Gasteiger partial charge in [-0.25, -0.2) is 4.99 Å². The molecule has 0 aromatic heterocycles. The van der Waals surface area contributed by atoms with Crippen LogP contribution in [0.5, 0.6) is 5.75 Å². The van der Waals surface area contributed by atoms with Gasteiger partial charge in [0.2, 0.25) is 5.96 Å². The molecule has 3 N–H and O–H groups in total. The van der Waals surface area contributed by atoms with E-state index >= 15 is 0 Å². The monoisotopic (exact) mass is 390 g/mol. The summed E-state index contributed by atoms with van der Waals surface area (Å²) in [5.74, 6) is 2.46. The number of nitrogens with one attached hydrogen (secondary N) is 1. The van der Waals surface area contributed by atoms with Gasteiger partial charge in [-0.3, -0.25) is 0 Å². The van der Waals surface area contributed by atoms with Crippen LogP contribution in [0.3, 0.4) is 0 Å². The molecule has 0 saturated heterocycles. The maximum atomic E-state index is 6.08. The van der Waals surface area contributed by atoms with Crippen LogP contribution in [0.4, 0.5) is 5.69 Å². The zero-order valence-corrected chi connectivity index (χ0v) is 17.3. The predicted octanol–water partition coefficient (Wildman–Crippen LogP) is 5.16. The van der Waals surface area contributed by atoms with Crippen LogP contribution in [-0.2, 0) is 6.42 Å². The molecular formula is C24H30N4O. The number of methoxy groups -OCH3 is 1. The maximum Gasteiger partial charge on any atom is 0.221 e. The van der Waals surface area contributed by atoms with Gasteiger partial charge in [0.1, 0.15) is 11.6 Å². The first kappa shape index (κ1) is 20.6. The summed E-state index contributed by atoms with van der Waals surface area (Å²) < 4.78 is 5.19. The molecule has 1 unspecified atom stereocenters. The van der Waals surface area contributed by atoms with Gasteiger partial charge >= 0.3 is 0 Å². The highest BCUT2D eigenvalue weighted by atomic mass is 16.5. The minimum absolute atomic E-state index is 0.308. The fourth-order valence-electron chi connectivity index (χ4n) is 3.40. The summed E-state index contributed by atoms with van der Waals surface area (Å²) in [5, 5.41) is 3.29. The summed E-state index contributed by atoms with van der Waals surface area (Å²) in [6.45, 7) is 2.30. The zero-order chi connectivity index (χ0) is 20.5. The third-order valence-corrected chi connectivity index (χ3v) is 4.99. The summed E-state index contributed by atoms with van der Waals surface area (Å²) in [7, 11) is 1.66. The summed E-state index contributed by atoms with van der Waals surface area (Å²) in [6.07, 6.45) is 7.02. The lowest BCUT2D eigenvalue weighted by molar-refractivity contribution is 0.415. The number of rotatable bonds is 8. The quantitative estimate of drug-likeness (QED) is 0.654. The molecular weight excluding hydrogens is 360 g/mol. The Kier molecular flexibility index (Phi) is 7.45. The fraction of sp³-hybridized carbons (Fsp3) is 0.333. The van der Waals surface area contributed by atoms with Gasteiger partial charge in [-0.15, -0.1) is 0 Å². The van der Waals surface area contributed by atoms with Crippen LogP contribution in [0.15, 0.2) is 76.5 Å². The van der Waals surface area contributed by atoms with Gasteiger partial charge in [-0.05, 0) is 73.9 Å². The maximum absolute atomic E-state index is 6.08. The van der Waals surface area contributed by atoms with Gasteiger partial charge in [0.15, 0.2) is 0 Å². The van der Waals surface area contributed by atoms with Crippen LogP contribution >= 0.6 is 0 Å². The highest BCUT2D eigenvalue weighted by molar-refractivity contribution is 5.97. The van der Waals surface area contributed by atoms with E-state index in [1.807, 2.05) is 24.3 Å². The molecule has 152 valence electrons. The molecule has 1 aliphatic rings. The number of hydrogen-bond donors (Lipinski definition) is 2. The Bertz CT molecular complexity index is 870. The molecule has 2 aromatic rings. The second kappa shape index (κ2) is 10.5. The Hall–Kier alpha value is -3.08. The first-order valence-corrected chi connectivity index (χ1v) is 10.2. The molecule has 0 bridgehead atoms. The number of benzene rings is 2. The van der Waals surface area contributed by atoms with Crippen molar-refractivity contribution in [3.05, 3.63) is 72.1 Å². The van der Waals surface area contributed by atoms with E-state index in [9.17, 15) is 0 Å². The van der Waals surface area contributed by atoms with Gasteiger partial charge in [-0.2, -0.15) is 4.99 Å². The van der Waals surface area contributed by atoms with Crippen LogP contribution in [0.25, 0.3) is 0 Å². The molecule has 29 heavy (non-hydrogen) atoms. The molecule has 0 fully saturated rings. The lowest BCUT2D eigenvalue weighted by Crippen LogP contribution is -2.16. The average molecular weight is 391 g/mol. The number of hydrogen-bond acceptors (Lipinski definition) is 5.